The van der Waals surface area contributed by atoms with Crippen LogP contribution in [0.25, 0.3) is 0 Å². The fourth-order valence-corrected chi connectivity index (χ4v) is 4.76. The topological polar surface area (TPSA) is 69.7 Å². The Morgan fingerprint density at radius 3 is 2.47 bits per heavy atom. The lowest BCUT2D eigenvalue weighted by atomic mass is 9.91. The van der Waals surface area contributed by atoms with Crippen molar-refractivity contribution in [2.45, 2.75) is 43.8 Å². The number of alkyl halides is 4. The van der Waals surface area contributed by atoms with Crippen LogP contribution in [0, 0.1) is 11.6 Å². The van der Waals surface area contributed by atoms with E-state index < -0.39 is 72.9 Å². The van der Waals surface area contributed by atoms with Gasteiger partial charge < -0.3 is 10.2 Å². The fourth-order valence-electron chi connectivity index (χ4n) is 4.40. The molecule has 0 saturated carbocycles. The van der Waals surface area contributed by atoms with Crippen molar-refractivity contribution >= 4 is 33.8 Å². The molecule has 0 radical (unpaired) electrons. The van der Waals surface area contributed by atoms with Crippen molar-refractivity contribution in [3.63, 3.8) is 0 Å². The minimum Gasteiger partial charge on any atom is -0.325 e. The molecule has 1 N–H and O–H groups in total. The fraction of sp³-hybridized carbons (Fsp3) is 0.348. The van der Waals surface area contributed by atoms with Crippen molar-refractivity contribution in [3.05, 3.63) is 69.2 Å². The van der Waals surface area contributed by atoms with Crippen molar-refractivity contribution in [3.8, 4) is 0 Å². The average Bonchev–Trinajstić information content (AvgIpc) is 3.19. The molecule has 1 unspecified atom stereocenters. The molecule has 4 amide bonds. The maximum absolute atomic E-state index is 14.8. The second-order valence-electron chi connectivity index (χ2n) is 8.62. The first kappa shape index (κ1) is 26.0. The van der Waals surface area contributed by atoms with Gasteiger partial charge in [-0.2, -0.15) is 13.2 Å². The summed E-state index contributed by atoms with van der Waals surface area (Å²) >= 11 is 2.93. The summed E-state index contributed by atoms with van der Waals surface area (Å²) in [6.45, 7) is -0.918. The van der Waals surface area contributed by atoms with Crippen LogP contribution in [0.2, 0.25) is 0 Å². The summed E-state index contributed by atoms with van der Waals surface area (Å²) in [4.78, 5) is 39.7. The molecule has 2 aliphatic rings. The lowest BCUT2D eigenvalue weighted by Gasteiger charge is -2.32. The number of nitrogens with one attached hydrogen (secondary N) is 1. The van der Waals surface area contributed by atoms with Crippen LogP contribution in [0.5, 0.6) is 0 Å². The molecule has 4 rings (SSSR count). The summed E-state index contributed by atoms with van der Waals surface area (Å²) in [6.07, 6.45) is -7.14. The van der Waals surface area contributed by atoms with Gasteiger partial charge in [0.2, 0.25) is 5.91 Å². The molecule has 1 spiro atoms. The third-order valence-corrected chi connectivity index (χ3v) is 6.98. The molecule has 1 aliphatic heterocycles. The van der Waals surface area contributed by atoms with E-state index in [2.05, 4.69) is 21.2 Å². The minimum absolute atomic E-state index is 0.0336. The molecule has 13 heteroatoms. The van der Waals surface area contributed by atoms with Gasteiger partial charge in [-0.05, 0) is 63.8 Å². The first-order valence-corrected chi connectivity index (χ1v) is 11.4. The molecular weight excluding hydrogens is 560 g/mol. The smallest absolute Gasteiger partial charge is 0.325 e. The molecule has 0 aromatic heterocycles. The van der Waals surface area contributed by atoms with Gasteiger partial charge in [0.1, 0.15) is 35.9 Å². The number of amides is 4. The largest absolute Gasteiger partial charge is 0.408 e. The second kappa shape index (κ2) is 9.09. The van der Waals surface area contributed by atoms with E-state index in [0.717, 1.165) is 31.2 Å². The lowest BCUT2D eigenvalue weighted by Crippen LogP contribution is -2.51. The Labute approximate surface area is 209 Å². The summed E-state index contributed by atoms with van der Waals surface area (Å²) in [6, 6.07) is 3.04. The SMILES string of the molecule is C[C@H](N(Cc1ccc(F)cc1)C(=O)CN1C(=O)NC2(C[C@@H](F)c3cc(Br)c(F)cc32)C1=O)C(F)(F)F. The van der Waals surface area contributed by atoms with Crippen molar-refractivity contribution in [2.24, 2.45) is 0 Å². The van der Waals surface area contributed by atoms with Crippen molar-refractivity contribution in [1.82, 2.24) is 15.1 Å². The van der Waals surface area contributed by atoms with Crippen molar-refractivity contribution in [2.75, 3.05) is 6.54 Å². The molecule has 36 heavy (non-hydrogen) atoms. The highest BCUT2D eigenvalue weighted by molar-refractivity contribution is 9.10. The predicted octanol–water partition coefficient (Wildman–Crippen LogP) is 4.87. The molecule has 1 aliphatic carbocycles. The Hall–Kier alpha value is -3.09. The number of imide groups is 1. The molecule has 0 bridgehead atoms. The van der Waals surface area contributed by atoms with Crippen molar-refractivity contribution in [1.29, 1.82) is 0 Å². The first-order chi connectivity index (χ1) is 16.7. The summed E-state index contributed by atoms with van der Waals surface area (Å²) in [5, 5.41) is 2.30. The third kappa shape index (κ3) is 4.44. The quantitative estimate of drug-likeness (QED) is 0.407. The zero-order valence-corrected chi connectivity index (χ0v) is 20.1. The van der Waals surface area contributed by atoms with Gasteiger partial charge in [-0.15, -0.1) is 0 Å². The van der Waals surface area contributed by atoms with E-state index in [0.29, 0.717) is 9.80 Å². The summed E-state index contributed by atoms with van der Waals surface area (Å²) in [5.41, 5.74) is -1.98. The van der Waals surface area contributed by atoms with E-state index in [9.17, 15) is 40.7 Å². The Morgan fingerprint density at radius 2 is 1.86 bits per heavy atom. The molecule has 1 fully saturated rings. The highest BCUT2D eigenvalue weighted by Gasteiger charge is 2.59. The summed E-state index contributed by atoms with van der Waals surface area (Å²) in [7, 11) is 0. The van der Waals surface area contributed by atoms with Gasteiger partial charge in [0, 0.05) is 13.0 Å². The number of rotatable bonds is 5. The van der Waals surface area contributed by atoms with E-state index in [-0.39, 0.29) is 21.2 Å². The highest BCUT2D eigenvalue weighted by atomic mass is 79.9. The normalized spacial score (nSPS) is 22.1. The Bertz CT molecular complexity index is 1240. The van der Waals surface area contributed by atoms with Gasteiger partial charge in [0.15, 0.2) is 0 Å². The van der Waals surface area contributed by atoms with E-state index >= 15 is 0 Å². The van der Waals surface area contributed by atoms with E-state index in [1.165, 1.54) is 12.1 Å². The average molecular weight is 578 g/mol. The molecule has 6 nitrogen and oxygen atoms in total. The first-order valence-electron chi connectivity index (χ1n) is 10.6. The van der Waals surface area contributed by atoms with Crippen molar-refractivity contribution < 1.29 is 40.7 Å². The number of nitrogens with zero attached hydrogens (tertiary/aromatic N) is 2. The van der Waals surface area contributed by atoms with E-state index in [1.807, 2.05) is 0 Å². The Morgan fingerprint density at radius 1 is 1.22 bits per heavy atom. The molecule has 3 atom stereocenters. The van der Waals surface area contributed by atoms with Crippen LogP contribution in [0.15, 0.2) is 40.9 Å². The third-order valence-electron chi connectivity index (χ3n) is 6.37. The maximum atomic E-state index is 14.8. The van der Waals surface area contributed by atoms with E-state index in [1.54, 1.807) is 0 Å². The van der Waals surface area contributed by atoms with Gasteiger partial charge in [0.25, 0.3) is 5.91 Å². The molecule has 2 aromatic carbocycles. The van der Waals surface area contributed by atoms with Crippen LogP contribution in [-0.2, 0) is 21.7 Å². The van der Waals surface area contributed by atoms with Crippen LogP contribution < -0.4 is 5.32 Å². The Kier molecular flexibility index (Phi) is 6.56. The van der Waals surface area contributed by atoms with Crippen LogP contribution >= 0.6 is 15.9 Å². The minimum atomic E-state index is -4.84. The number of halogens is 7. The van der Waals surface area contributed by atoms with E-state index in [4.69, 9.17) is 0 Å². The van der Waals surface area contributed by atoms with Crippen LogP contribution in [0.3, 0.4) is 0 Å². The van der Waals surface area contributed by atoms with Crippen LogP contribution in [-0.4, -0.2) is 46.4 Å². The number of carbonyl (C=O) groups excluding carboxylic acids is 3. The standard InChI is InChI=1S/C23H18BrF6N3O3/c1-11(23(28,29)30)32(9-12-2-4-13(25)5-3-12)19(34)10-33-20(35)22(31-21(33)36)8-18(27)14-6-16(24)17(26)7-15(14)22/h2-7,11,18H,8-10H2,1H3,(H,31,36)/t11-,18+,22?/m0/s1. The predicted molar refractivity (Wildman–Crippen MR) is 117 cm³/mol. The number of urea groups is 1. The summed E-state index contributed by atoms with van der Waals surface area (Å²) in [5.74, 6) is -3.74. The second-order valence-corrected chi connectivity index (χ2v) is 9.47. The number of hydrogen-bond donors (Lipinski definition) is 1. The van der Waals surface area contributed by atoms with Gasteiger partial charge in [0.05, 0.1) is 4.47 Å². The number of carbonyl (C=O) groups is 3. The van der Waals surface area contributed by atoms with Crippen LogP contribution in [0.4, 0.5) is 31.1 Å². The van der Waals surface area contributed by atoms with Gasteiger partial charge in [-0.25, -0.2) is 18.0 Å². The molecule has 1 saturated heterocycles. The Balaban J connectivity index is 1.62. The summed E-state index contributed by atoms with van der Waals surface area (Å²) < 4.78 is 82.7. The highest BCUT2D eigenvalue weighted by Crippen LogP contribution is 2.49. The molecular formula is C23H18BrF6N3O3. The molecule has 1 heterocycles. The zero-order chi connectivity index (χ0) is 26.6. The number of hydrogen-bond acceptors (Lipinski definition) is 3. The van der Waals surface area contributed by atoms with Crippen LogP contribution in [0.1, 0.15) is 36.2 Å². The number of fused-ring (bicyclic) bond motifs is 2. The lowest BCUT2D eigenvalue weighted by molar-refractivity contribution is -0.187. The zero-order valence-electron chi connectivity index (χ0n) is 18.5. The molecule has 192 valence electrons. The van der Waals surface area contributed by atoms with Gasteiger partial charge in [-0.3, -0.25) is 14.5 Å². The molecule has 2 aromatic rings. The van der Waals surface area contributed by atoms with Gasteiger partial charge >= 0.3 is 12.2 Å². The van der Waals surface area contributed by atoms with Gasteiger partial charge in [-0.1, -0.05) is 12.1 Å². The monoisotopic (exact) mass is 577 g/mol. The maximum Gasteiger partial charge on any atom is 0.408 e. The number of benzene rings is 2.